The highest BCUT2D eigenvalue weighted by molar-refractivity contribution is 5.79. The fraction of sp³-hybridized carbons (Fsp3) is 0.500. The molecule has 1 aliphatic heterocycles. The van der Waals surface area contributed by atoms with Gasteiger partial charge in [-0.2, -0.15) is 0 Å². The summed E-state index contributed by atoms with van der Waals surface area (Å²) in [6.45, 7) is 3.21. The Labute approximate surface area is 107 Å². The molecule has 1 heterocycles. The van der Waals surface area contributed by atoms with Gasteiger partial charge in [0.2, 0.25) is 5.91 Å². The first-order chi connectivity index (χ1) is 8.61. The topological polar surface area (TPSA) is 32.3 Å². The fourth-order valence-corrected chi connectivity index (χ4v) is 2.60. The van der Waals surface area contributed by atoms with E-state index in [1.807, 2.05) is 11.0 Å². The summed E-state index contributed by atoms with van der Waals surface area (Å²) in [6.07, 6.45) is 0.902. The SMILES string of the molecule is CNCC(=O)N1CC(C)CC1c1cccc(F)c1. The van der Waals surface area contributed by atoms with Crippen molar-refractivity contribution >= 4 is 5.91 Å². The Hall–Kier alpha value is -1.42. The van der Waals surface area contributed by atoms with Gasteiger partial charge in [-0.15, -0.1) is 0 Å². The van der Waals surface area contributed by atoms with Gasteiger partial charge in [0.1, 0.15) is 5.82 Å². The van der Waals surface area contributed by atoms with Gasteiger partial charge in [0, 0.05) is 6.54 Å². The Kier molecular flexibility index (Phi) is 3.97. The van der Waals surface area contributed by atoms with Crippen molar-refractivity contribution in [2.45, 2.75) is 19.4 Å². The number of carbonyl (C=O) groups excluding carboxylic acids is 1. The van der Waals surface area contributed by atoms with E-state index in [0.29, 0.717) is 12.5 Å². The smallest absolute Gasteiger partial charge is 0.237 e. The van der Waals surface area contributed by atoms with Gasteiger partial charge >= 0.3 is 0 Å². The molecule has 0 saturated carbocycles. The largest absolute Gasteiger partial charge is 0.334 e. The number of amides is 1. The lowest BCUT2D eigenvalue weighted by molar-refractivity contribution is -0.131. The van der Waals surface area contributed by atoms with Gasteiger partial charge in [0.25, 0.3) is 0 Å². The van der Waals surface area contributed by atoms with Crippen LogP contribution >= 0.6 is 0 Å². The van der Waals surface area contributed by atoms with Gasteiger partial charge in [0.05, 0.1) is 12.6 Å². The Morgan fingerprint density at radius 3 is 3.00 bits per heavy atom. The van der Waals surface area contributed by atoms with Gasteiger partial charge in [-0.05, 0) is 37.1 Å². The van der Waals surface area contributed by atoms with Crippen LogP contribution in [0.5, 0.6) is 0 Å². The maximum absolute atomic E-state index is 13.3. The Balaban J connectivity index is 2.21. The van der Waals surface area contributed by atoms with Crippen LogP contribution in [0.1, 0.15) is 24.9 Å². The number of likely N-dealkylation sites (tertiary alicyclic amines) is 1. The molecule has 1 aromatic carbocycles. The molecule has 4 heteroatoms. The van der Waals surface area contributed by atoms with Gasteiger partial charge in [-0.3, -0.25) is 4.79 Å². The van der Waals surface area contributed by atoms with Crippen LogP contribution in [0, 0.1) is 11.7 Å². The van der Waals surface area contributed by atoms with Crippen LogP contribution in [0.2, 0.25) is 0 Å². The number of hydrogen-bond donors (Lipinski definition) is 1. The summed E-state index contributed by atoms with van der Waals surface area (Å²) in [5.41, 5.74) is 0.892. The first kappa shape index (κ1) is 13.0. The van der Waals surface area contributed by atoms with Crippen LogP contribution in [0.3, 0.4) is 0 Å². The number of likely N-dealkylation sites (N-methyl/N-ethyl adjacent to an activating group) is 1. The summed E-state index contributed by atoms with van der Waals surface area (Å²) >= 11 is 0. The zero-order valence-electron chi connectivity index (χ0n) is 10.8. The average Bonchev–Trinajstić information content (AvgIpc) is 2.72. The van der Waals surface area contributed by atoms with Crippen LogP contribution < -0.4 is 5.32 Å². The van der Waals surface area contributed by atoms with Crippen molar-refractivity contribution in [3.05, 3.63) is 35.6 Å². The van der Waals surface area contributed by atoms with E-state index in [2.05, 4.69) is 12.2 Å². The minimum Gasteiger partial charge on any atom is -0.334 e. The van der Waals surface area contributed by atoms with E-state index in [1.54, 1.807) is 13.1 Å². The molecule has 0 aromatic heterocycles. The van der Waals surface area contributed by atoms with E-state index in [9.17, 15) is 9.18 Å². The summed E-state index contributed by atoms with van der Waals surface area (Å²) in [7, 11) is 1.76. The number of nitrogens with zero attached hydrogens (tertiary/aromatic N) is 1. The minimum atomic E-state index is -0.243. The summed E-state index contributed by atoms with van der Waals surface area (Å²) in [5, 5.41) is 2.88. The highest BCUT2D eigenvalue weighted by Crippen LogP contribution is 2.35. The van der Waals surface area contributed by atoms with E-state index >= 15 is 0 Å². The highest BCUT2D eigenvalue weighted by atomic mass is 19.1. The maximum Gasteiger partial charge on any atom is 0.237 e. The highest BCUT2D eigenvalue weighted by Gasteiger charge is 2.33. The third-order valence-corrected chi connectivity index (χ3v) is 3.39. The Bertz CT molecular complexity index is 436. The molecule has 2 rings (SSSR count). The molecule has 1 aliphatic rings. The number of halogens is 1. The molecule has 0 radical (unpaired) electrons. The fourth-order valence-electron chi connectivity index (χ4n) is 2.60. The van der Waals surface area contributed by atoms with Crippen molar-refractivity contribution in [3.63, 3.8) is 0 Å². The van der Waals surface area contributed by atoms with Crippen LogP contribution in [0.15, 0.2) is 24.3 Å². The molecule has 1 amide bonds. The number of carbonyl (C=O) groups is 1. The molecule has 2 atom stereocenters. The molecular weight excluding hydrogens is 231 g/mol. The number of benzene rings is 1. The molecule has 2 unspecified atom stereocenters. The van der Waals surface area contributed by atoms with Crippen LogP contribution in [-0.4, -0.2) is 30.9 Å². The van der Waals surface area contributed by atoms with E-state index in [4.69, 9.17) is 0 Å². The van der Waals surface area contributed by atoms with E-state index in [-0.39, 0.29) is 17.8 Å². The summed E-state index contributed by atoms with van der Waals surface area (Å²) in [6, 6.07) is 6.57. The van der Waals surface area contributed by atoms with Crippen LogP contribution in [-0.2, 0) is 4.79 Å². The van der Waals surface area contributed by atoms with Gasteiger partial charge < -0.3 is 10.2 Å². The Morgan fingerprint density at radius 1 is 1.56 bits per heavy atom. The normalized spacial score (nSPS) is 23.4. The molecular formula is C14H19FN2O. The second-order valence-corrected chi connectivity index (χ2v) is 4.99. The third kappa shape index (κ3) is 2.70. The molecule has 18 heavy (non-hydrogen) atoms. The molecule has 1 saturated heterocycles. The van der Waals surface area contributed by atoms with Gasteiger partial charge in [-0.25, -0.2) is 4.39 Å². The molecule has 1 fully saturated rings. The zero-order valence-corrected chi connectivity index (χ0v) is 10.8. The third-order valence-electron chi connectivity index (χ3n) is 3.39. The molecule has 0 bridgehead atoms. The molecule has 0 spiro atoms. The predicted molar refractivity (Wildman–Crippen MR) is 68.6 cm³/mol. The first-order valence-electron chi connectivity index (χ1n) is 6.31. The lowest BCUT2D eigenvalue weighted by atomic mass is 10.0. The van der Waals surface area contributed by atoms with Gasteiger partial charge in [0.15, 0.2) is 0 Å². The van der Waals surface area contributed by atoms with E-state index in [0.717, 1.165) is 18.5 Å². The van der Waals surface area contributed by atoms with Crippen LogP contribution in [0.25, 0.3) is 0 Å². The maximum atomic E-state index is 13.3. The van der Waals surface area contributed by atoms with Crippen molar-refractivity contribution in [1.29, 1.82) is 0 Å². The number of rotatable bonds is 3. The van der Waals surface area contributed by atoms with Crippen molar-refractivity contribution in [2.75, 3.05) is 20.1 Å². The molecule has 0 aliphatic carbocycles. The van der Waals surface area contributed by atoms with E-state index < -0.39 is 0 Å². The van der Waals surface area contributed by atoms with E-state index in [1.165, 1.54) is 12.1 Å². The summed E-state index contributed by atoms with van der Waals surface area (Å²) in [4.78, 5) is 13.9. The summed E-state index contributed by atoms with van der Waals surface area (Å²) < 4.78 is 13.3. The predicted octanol–water partition coefficient (Wildman–Crippen LogP) is 1.95. The van der Waals surface area contributed by atoms with Crippen LogP contribution in [0.4, 0.5) is 4.39 Å². The summed E-state index contributed by atoms with van der Waals surface area (Å²) in [5.74, 6) is 0.295. The molecule has 1 aromatic rings. The van der Waals surface area contributed by atoms with Crippen molar-refractivity contribution in [3.8, 4) is 0 Å². The monoisotopic (exact) mass is 250 g/mol. The van der Waals surface area contributed by atoms with Crippen molar-refractivity contribution in [2.24, 2.45) is 5.92 Å². The first-order valence-corrected chi connectivity index (χ1v) is 6.31. The Morgan fingerprint density at radius 2 is 2.33 bits per heavy atom. The second-order valence-electron chi connectivity index (χ2n) is 4.99. The number of hydrogen-bond acceptors (Lipinski definition) is 2. The average molecular weight is 250 g/mol. The zero-order chi connectivity index (χ0) is 13.1. The quantitative estimate of drug-likeness (QED) is 0.889. The molecule has 3 nitrogen and oxygen atoms in total. The lowest BCUT2D eigenvalue weighted by Gasteiger charge is -2.25. The minimum absolute atomic E-state index is 0.0107. The number of nitrogens with one attached hydrogen (secondary N) is 1. The lowest BCUT2D eigenvalue weighted by Crippen LogP contribution is -2.37. The van der Waals surface area contributed by atoms with Crippen molar-refractivity contribution in [1.82, 2.24) is 10.2 Å². The van der Waals surface area contributed by atoms with Crippen molar-refractivity contribution < 1.29 is 9.18 Å². The molecule has 98 valence electrons. The standard InChI is InChI=1S/C14H19FN2O/c1-10-6-13(11-4-3-5-12(15)7-11)17(9-10)14(18)8-16-2/h3-5,7,10,13,16H,6,8-9H2,1-2H3. The second kappa shape index (κ2) is 5.48. The van der Waals surface area contributed by atoms with Gasteiger partial charge in [-0.1, -0.05) is 19.1 Å². The molecule has 1 N–H and O–H groups in total.